The van der Waals surface area contributed by atoms with Crippen molar-refractivity contribution >= 4 is 24.0 Å². The summed E-state index contributed by atoms with van der Waals surface area (Å²) in [5.74, 6) is 0.321. The first-order valence-electron chi connectivity index (χ1n) is 14.2. The number of pyridine rings is 1. The molecule has 2 aromatic rings. The zero-order valence-corrected chi connectivity index (χ0v) is 25.6. The van der Waals surface area contributed by atoms with Crippen molar-refractivity contribution < 1.29 is 29.0 Å². The molecular weight excluding hydrogens is 540 g/mol. The molecule has 3 amide bonds. The number of carbonyl (C=O) groups is 3. The molecule has 12 heteroatoms. The number of methoxy groups -OCH3 is 1. The first-order chi connectivity index (χ1) is 19.6. The summed E-state index contributed by atoms with van der Waals surface area (Å²) >= 11 is 0. The Bertz CT molecular complexity index is 1360. The largest absolute Gasteiger partial charge is 0.501 e. The monoisotopic (exact) mass is 582 g/mol. The van der Waals surface area contributed by atoms with Crippen molar-refractivity contribution in [1.29, 1.82) is 0 Å². The first kappa shape index (κ1) is 30.9. The molecule has 0 radical (unpaired) electrons. The highest BCUT2D eigenvalue weighted by Crippen LogP contribution is 2.40. The van der Waals surface area contributed by atoms with Gasteiger partial charge in [-0.3, -0.25) is 4.79 Å². The van der Waals surface area contributed by atoms with Gasteiger partial charge in [-0.25, -0.2) is 19.3 Å². The number of aliphatic carboxylic acids is 1. The molecule has 1 aliphatic carbocycles. The van der Waals surface area contributed by atoms with E-state index in [0.717, 1.165) is 11.3 Å². The first-order valence-corrected chi connectivity index (χ1v) is 14.2. The fraction of sp³-hybridized carbons (Fsp3) is 0.567. The third kappa shape index (κ3) is 6.85. The van der Waals surface area contributed by atoms with Crippen LogP contribution < -0.4 is 15.4 Å². The maximum Gasteiger partial charge on any atom is 0.326 e. The zero-order valence-electron chi connectivity index (χ0n) is 25.6. The molecule has 0 bridgehead atoms. The molecule has 0 aromatic carbocycles. The van der Waals surface area contributed by atoms with Crippen LogP contribution in [0.2, 0.25) is 0 Å². The van der Waals surface area contributed by atoms with Crippen LogP contribution in [-0.4, -0.2) is 80.1 Å². The maximum absolute atomic E-state index is 13.9. The van der Waals surface area contributed by atoms with E-state index in [9.17, 15) is 19.5 Å². The van der Waals surface area contributed by atoms with Gasteiger partial charge in [0.2, 0.25) is 5.91 Å². The molecule has 4 atom stereocenters. The topological polar surface area (TPSA) is 148 Å². The second-order valence-electron chi connectivity index (χ2n) is 13.1. The van der Waals surface area contributed by atoms with Gasteiger partial charge in [-0.2, -0.15) is 5.10 Å². The van der Waals surface area contributed by atoms with E-state index in [1.54, 1.807) is 36.3 Å². The highest BCUT2D eigenvalue weighted by molar-refractivity contribution is 5.91. The molecule has 228 valence electrons. The highest BCUT2D eigenvalue weighted by atomic mass is 16.5. The Labute approximate surface area is 246 Å². The van der Waals surface area contributed by atoms with E-state index in [1.165, 1.54) is 4.90 Å². The molecule has 12 nitrogen and oxygen atoms in total. The predicted molar refractivity (Wildman–Crippen MR) is 156 cm³/mol. The van der Waals surface area contributed by atoms with Gasteiger partial charge < -0.3 is 30.1 Å². The minimum atomic E-state index is -1.13. The molecule has 2 aromatic heterocycles. The van der Waals surface area contributed by atoms with Crippen LogP contribution in [0.25, 0.3) is 11.9 Å². The Morgan fingerprint density at radius 1 is 1.17 bits per heavy atom. The number of allylic oxidation sites excluding steroid dienone is 1. The quantitative estimate of drug-likeness (QED) is 0.448. The van der Waals surface area contributed by atoms with E-state index >= 15 is 0 Å². The molecule has 1 fully saturated rings. The summed E-state index contributed by atoms with van der Waals surface area (Å²) in [5.41, 5.74) is 0.381. The van der Waals surface area contributed by atoms with Crippen molar-refractivity contribution in [3.05, 3.63) is 41.5 Å². The number of hydrogen-bond acceptors (Lipinski definition) is 7. The summed E-state index contributed by atoms with van der Waals surface area (Å²) in [7, 11) is 1.63. The highest BCUT2D eigenvalue weighted by Gasteiger charge is 2.46. The number of aromatic nitrogens is 3. The number of carboxylic acid groups (broad SMARTS) is 1. The fourth-order valence-corrected chi connectivity index (χ4v) is 5.38. The van der Waals surface area contributed by atoms with Gasteiger partial charge in [-0.15, -0.1) is 0 Å². The van der Waals surface area contributed by atoms with Gasteiger partial charge in [0.1, 0.15) is 23.9 Å². The van der Waals surface area contributed by atoms with Gasteiger partial charge in [0, 0.05) is 48.5 Å². The normalized spacial score (nSPS) is 21.2. The molecule has 0 spiro atoms. The van der Waals surface area contributed by atoms with Crippen LogP contribution in [0.5, 0.6) is 5.75 Å². The number of likely N-dealkylation sites (tertiary alicyclic amines) is 1. The second kappa shape index (κ2) is 11.7. The molecular formula is C30H42N6O6. The lowest BCUT2D eigenvalue weighted by Crippen LogP contribution is -2.60. The summed E-state index contributed by atoms with van der Waals surface area (Å²) in [6, 6.07) is 1.02. The van der Waals surface area contributed by atoms with E-state index in [0.29, 0.717) is 23.7 Å². The van der Waals surface area contributed by atoms with Crippen molar-refractivity contribution in [3.8, 4) is 11.6 Å². The number of rotatable bonds is 7. The Balaban J connectivity index is 1.64. The number of carboxylic acids is 1. The molecule has 2 aliphatic rings. The van der Waals surface area contributed by atoms with Crippen LogP contribution in [0.4, 0.5) is 4.79 Å². The van der Waals surface area contributed by atoms with Crippen LogP contribution in [0.3, 0.4) is 0 Å². The van der Waals surface area contributed by atoms with Gasteiger partial charge in [-0.05, 0) is 38.2 Å². The molecule has 0 saturated carbocycles. The lowest BCUT2D eigenvalue weighted by Gasteiger charge is -2.35. The molecule has 1 aliphatic heterocycles. The number of fused-ring (bicyclic) bond motifs is 1. The molecule has 2 unspecified atom stereocenters. The molecule has 42 heavy (non-hydrogen) atoms. The Kier molecular flexibility index (Phi) is 8.56. The smallest absolute Gasteiger partial charge is 0.326 e. The van der Waals surface area contributed by atoms with Gasteiger partial charge in [0.25, 0.3) is 0 Å². The van der Waals surface area contributed by atoms with Crippen LogP contribution in [-0.2, 0) is 14.3 Å². The van der Waals surface area contributed by atoms with Gasteiger partial charge in [0.15, 0.2) is 5.82 Å². The Hall–Kier alpha value is -4.09. The van der Waals surface area contributed by atoms with Gasteiger partial charge in [-0.1, -0.05) is 27.7 Å². The van der Waals surface area contributed by atoms with E-state index in [4.69, 9.17) is 14.5 Å². The number of ether oxygens (including phenoxy) is 2. The third-order valence-electron chi connectivity index (χ3n) is 7.34. The number of hydrogen-bond donors (Lipinski definition) is 3. The summed E-state index contributed by atoms with van der Waals surface area (Å²) in [5, 5.41) is 20.0. The molecule has 4 rings (SSSR count). The summed E-state index contributed by atoms with van der Waals surface area (Å²) in [6.07, 6.45) is 5.45. The number of nitrogens with zero attached hydrogens (tertiary/aromatic N) is 4. The zero-order chi connectivity index (χ0) is 31.0. The van der Waals surface area contributed by atoms with Crippen LogP contribution in [0, 0.1) is 5.41 Å². The average molecular weight is 583 g/mol. The van der Waals surface area contributed by atoms with Crippen molar-refractivity contribution in [1.82, 2.24) is 30.3 Å². The summed E-state index contributed by atoms with van der Waals surface area (Å²) in [4.78, 5) is 45.1. The van der Waals surface area contributed by atoms with Gasteiger partial charge in [0.05, 0.1) is 25.1 Å². The van der Waals surface area contributed by atoms with E-state index in [1.807, 2.05) is 47.6 Å². The van der Waals surface area contributed by atoms with Gasteiger partial charge >= 0.3 is 12.0 Å². The lowest BCUT2D eigenvalue weighted by atomic mass is 9.85. The van der Waals surface area contributed by atoms with Crippen molar-refractivity contribution in [2.45, 2.75) is 91.0 Å². The maximum atomic E-state index is 13.9. The minimum absolute atomic E-state index is 0.0272. The van der Waals surface area contributed by atoms with E-state index < -0.39 is 47.0 Å². The van der Waals surface area contributed by atoms with E-state index in [2.05, 4.69) is 22.7 Å². The van der Waals surface area contributed by atoms with Crippen LogP contribution in [0.1, 0.15) is 78.5 Å². The average Bonchev–Trinajstić information content (AvgIpc) is 3.55. The SMILES string of the molecule is COC1=Cc2nc(-n3cccn3)cc(O[C@@H]3CC(C(=O)O)N(C(=O)[C@@H](NC(=O)NC(C)(C)C)C(C)(C)C)C3)c2C(C)C1. The molecule has 3 N–H and O–H groups in total. The Morgan fingerprint density at radius 2 is 1.88 bits per heavy atom. The number of urea groups is 1. The van der Waals surface area contributed by atoms with E-state index in [-0.39, 0.29) is 18.9 Å². The van der Waals surface area contributed by atoms with Crippen molar-refractivity contribution in [2.75, 3.05) is 13.7 Å². The standard InChI is InChI=1S/C30H42N6O6/c1-17-12-18(41-8)13-20-24(17)22(15-23(32-20)36-11-9-10-31-36)42-19-14-21(27(38)39)35(16-19)26(37)25(29(2,3)4)33-28(40)34-30(5,6)7/h9-11,13,15,17,19,21,25H,12,14,16H2,1-8H3,(H,38,39)(H2,33,34,40)/t17?,19-,21?,25-/m1/s1. The minimum Gasteiger partial charge on any atom is -0.501 e. The summed E-state index contributed by atoms with van der Waals surface area (Å²) < 4.78 is 13.7. The van der Waals surface area contributed by atoms with Crippen LogP contribution >= 0.6 is 0 Å². The number of nitrogens with one attached hydrogen (secondary N) is 2. The number of amides is 3. The fourth-order valence-electron chi connectivity index (χ4n) is 5.38. The van der Waals surface area contributed by atoms with Crippen LogP contribution in [0.15, 0.2) is 30.3 Å². The molecule has 1 saturated heterocycles. The lowest BCUT2D eigenvalue weighted by molar-refractivity contribution is -0.150. The Morgan fingerprint density at radius 3 is 2.45 bits per heavy atom. The summed E-state index contributed by atoms with van der Waals surface area (Å²) in [6.45, 7) is 13.1. The molecule has 3 heterocycles. The third-order valence-corrected chi connectivity index (χ3v) is 7.34. The van der Waals surface area contributed by atoms with Crippen molar-refractivity contribution in [2.24, 2.45) is 5.41 Å². The predicted octanol–water partition coefficient (Wildman–Crippen LogP) is 3.71. The second-order valence-corrected chi connectivity index (χ2v) is 13.1. The van der Waals surface area contributed by atoms with Crippen molar-refractivity contribution in [3.63, 3.8) is 0 Å². The number of carbonyl (C=O) groups excluding carboxylic acids is 2.